The van der Waals surface area contributed by atoms with Crippen LogP contribution in [-0.4, -0.2) is 31.6 Å². The molecular formula is C21H25N3O. The van der Waals surface area contributed by atoms with Crippen LogP contribution in [0.4, 0.5) is 5.69 Å². The molecule has 4 rings (SSSR count). The molecule has 4 nitrogen and oxygen atoms in total. The van der Waals surface area contributed by atoms with E-state index in [9.17, 15) is 4.79 Å². The summed E-state index contributed by atoms with van der Waals surface area (Å²) in [6, 6.07) is 18.7. The number of para-hydroxylation sites is 1. The van der Waals surface area contributed by atoms with Crippen LogP contribution in [0.5, 0.6) is 0 Å². The van der Waals surface area contributed by atoms with E-state index in [1.54, 1.807) is 0 Å². The molecule has 0 bridgehead atoms. The molecule has 1 fully saturated rings. The Morgan fingerprint density at radius 2 is 1.88 bits per heavy atom. The number of nitrogens with zero attached hydrogens (tertiary/aromatic N) is 1. The summed E-state index contributed by atoms with van der Waals surface area (Å²) in [5, 5.41) is 6.69. The molecule has 2 aromatic rings. The molecule has 130 valence electrons. The highest BCUT2D eigenvalue weighted by atomic mass is 16.2. The molecule has 2 unspecified atom stereocenters. The normalized spacial score (nSPS) is 23.0. The summed E-state index contributed by atoms with van der Waals surface area (Å²) in [7, 11) is 0. The molecule has 2 aliphatic rings. The van der Waals surface area contributed by atoms with Crippen molar-refractivity contribution in [2.45, 2.75) is 31.3 Å². The highest BCUT2D eigenvalue weighted by Gasteiger charge is 2.31. The van der Waals surface area contributed by atoms with Crippen LogP contribution in [-0.2, 0) is 11.2 Å². The number of anilines is 1. The van der Waals surface area contributed by atoms with Crippen molar-refractivity contribution < 1.29 is 4.79 Å². The van der Waals surface area contributed by atoms with E-state index in [1.807, 2.05) is 18.2 Å². The predicted molar refractivity (Wildman–Crippen MR) is 101 cm³/mol. The van der Waals surface area contributed by atoms with Crippen LogP contribution in [0.15, 0.2) is 54.6 Å². The fraction of sp³-hybridized carbons (Fsp3) is 0.381. The number of piperazine rings is 1. The van der Waals surface area contributed by atoms with E-state index in [4.69, 9.17) is 0 Å². The topological polar surface area (TPSA) is 44.4 Å². The molecule has 2 atom stereocenters. The molecule has 0 spiro atoms. The van der Waals surface area contributed by atoms with Gasteiger partial charge in [-0.1, -0.05) is 42.5 Å². The van der Waals surface area contributed by atoms with Crippen molar-refractivity contribution in [3.63, 3.8) is 0 Å². The second-order valence-corrected chi connectivity index (χ2v) is 6.90. The van der Waals surface area contributed by atoms with E-state index < -0.39 is 0 Å². The van der Waals surface area contributed by atoms with Gasteiger partial charge in [0.05, 0.1) is 6.04 Å². The monoisotopic (exact) mass is 335 g/mol. The van der Waals surface area contributed by atoms with Crippen LogP contribution in [0.25, 0.3) is 0 Å². The van der Waals surface area contributed by atoms with Gasteiger partial charge < -0.3 is 15.5 Å². The standard InChI is InChI=1S/C21H25N3O/c25-21(23-19-12-6-8-16-7-4-5-11-18(16)19)20-15-22-13-14-24(20)17-9-2-1-3-10-17/h1-5,7,9-11,19-20,22H,6,8,12-15H2,(H,23,25). The zero-order valence-electron chi connectivity index (χ0n) is 14.4. The summed E-state index contributed by atoms with van der Waals surface area (Å²) in [4.78, 5) is 15.3. The number of carbonyl (C=O) groups excluding carboxylic acids is 1. The Balaban J connectivity index is 1.52. The average Bonchev–Trinajstić information content (AvgIpc) is 2.69. The van der Waals surface area contributed by atoms with E-state index in [0.717, 1.165) is 38.0 Å². The first-order chi connectivity index (χ1) is 12.3. The maximum atomic E-state index is 13.1. The SMILES string of the molecule is O=C(NC1CCCc2ccccc21)C1CNCCN1c1ccccc1. The summed E-state index contributed by atoms with van der Waals surface area (Å²) >= 11 is 0. The molecule has 2 aromatic carbocycles. The summed E-state index contributed by atoms with van der Waals surface area (Å²) in [5.74, 6) is 0.123. The third kappa shape index (κ3) is 3.40. The Morgan fingerprint density at radius 3 is 2.76 bits per heavy atom. The lowest BCUT2D eigenvalue weighted by Crippen LogP contribution is -2.58. The van der Waals surface area contributed by atoms with Gasteiger partial charge in [-0.05, 0) is 42.5 Å². The smallest absolute Gasteiger partial charge is 0.244 e. The first kappa shape index (κ1) is 16.2. The minimum absolute atomic E-state index is 0.123. The fourth-order valence-electron chi connectivity index (χ4n) is 4.04. The van der Waals surface area contributed by atoms with Crippen LogP contribution in [0.2, 0.25) is 0 Å². The van der Waals surface area contributed by atoms with Crippen molar-refractivity contribution >= 4 is 11.6 Å². The Labute approximate surface area is 149 Å². The van der Waals surface area contributed by atoms with Crippen LogP contribution in [0.3, 0.4) is 0 Å². The molecule has 0 aromatic heterocycles. The quantitative estimate of drug-likeness (QED) is 0.906. The van der Waals surface area contributed by atoms with Crippen LogP contribution >= 0.6 is 0 Å². The van der Waals surface area contributed by atoms with E-state index in [0.29, 0.717) is 6.54 Å². The molecule has 0 saturated carbocycles. The van der Waals surface area contributed by atoms with Gasteiger partial charge in [-0.25, -0.2) is 0 Å². The van der Waals surface area contributed by atoms with Gasteiger partial charge in [0.15, 0.2) is 0 Å². The largest absolute Gasteiger partial charge is 0.357 e. The molecule has 4 heteroatoms. The summed E-state index contributed by atoms with van der Waals surface area (Å²) in [5.41, 5.74) is 3.78. The molecular weight excluding hydrogens is 310 g/mol. The summed E-state index contributed by atoms with van der Waals surface area (Å²) < 4.78 is 0. The van der Waals surface area contributed by atoms with Gasteiger partial charge >= 0.3 is 0 Å². The minimum atomic E-state index is -0.162. The van der Waals surface area contributed by atoms with Crippen molar-refractivity contribution in [1.82, 2.24) is 10.6 Å². The second-order valence-electron chi connectivity index (χ2n) is 6.90. The van der Waals surface area contributed by atoms with Crippen molar-refractivity contribution in [3.8, 4) is 0 Å². The maximum Gasteiger partial charge on any atom is 0.244 e. The number of hydrogen-bond acceptors (Lipinski definition) is 3. The Morgan fingerprint density at radius 1 is 1.08 bits per heavy atom. The van der Waals surface area contributed by atoms with Gasteiger partial charge in [-0.2, -0.15) is 0 Å². The molecule has 0 radical (unpaired) electrons. The maximum absolute atomic E-state index is 13.1. The van der Waals surface area contributed by atoms with Gasteiger partial charge in [0.2, 0.25) is 5.91 Å². The third-order valence-electron chi connectivity index (χ3n) is 5.32. The van der Waals surface area contributed by atoms with Gasteiger partial charge in [0.1, 0.15) is 6.04 Å². The van der Waals surface area contributed by atoms with Crippen LogP contribution in [0, 0.1) is 0 Å². The lowest BCUT2D eigenvalue weighted by Gasteiger charge is -2.38. The molecule has 1 amide bonds. The predicted octanol–water partition coefficient (Wildman–Crippen LogP) is 2.66. The van der Waals surface area contributed by atoms with Crippen molar-refractivity contribution in [2.75, 3.05) is 24.5 Å². The number of aryl methyl sites for hydroxylation is 1. The highest BCUT2D eigenvalue weighted by Crippen LogP contribution is 2.30. The van der Waals surface area contributed by atoms with Crippen LogP contribution in [0.1, 0.15) is 30.0 Å². The first-order valence-electron chi connectivity index (χ1n) is 9.23. The molecule has 2 N–H and O–H groups in total. The number of nitrogens with one attached hydrogen (secondary N) is 2. The average molecular weight is 335 g/mol. The zero-order chi connectivity index (χ0) is 17.1. The number of carbonyl (C=O) groups is 1. The summed E-state index contributed by atoms with van der Waals surface area (Å²) in [6.45, 7) is 2.45. The van der Waals surface area contributed by atoms with Crippen molar-refractivity contribution in [1.29, 1.82) is 0 Å². The van der Waals surface area contributed by atoms with Crippen molar-refractivity contribution in [3.05, 3.63) is 65.7 Å². The number of rotatable bonds is 3. The Bertz CT molecular complexity index is 731. The van der Waals surface area contributed by atoms with E-state index in [1.165, 1.54) is 11.1 Å². The van der Waals surface area contributed by atoms with E-state index in [2.05, 4.69) is 51.9 Å². The van der Waals surface area contributed by atoms with E-state index >= 15 is 0 Å². The van der Waals surface area contributed by atoms with Crippen LogP contribution < -0.4 is 15.5 Å². The number of hydrogen-bond donors (Lipinski definition) is 2. The summed E-state index contributed by atoms with van der Waals surface area (Å²) in [6.07, 6.45) is 3.27. The molecule has 1 saturated heterocycles. The van der Waals surface area contributed by atoms with E-state index in [-0.39, 0.29) is 18.0 Å². The first-order valence-corrected chi connectivity index (χ1v) is 9.23. The van der Waals surface area contributed by atoms with Crippen molar-refractivity contribution in [2.24, 2.45) is 0 Å². The zero-order valence-corrected chi connectivity index (χ0v) is 14.4. The minimum Gasteiger partial charge on any atom is -0.357 e. The third-order valence-corrected chi connectivity index (χ3v) is 5.32. The lowest BCUT2D eigenvalue weighted by molar-refractivity contribution is -0.123. The molecule has 1 aliphatic carbocycles. The molecule has 1 heterocycles. The molecule has 1 aliphatic heterocycles. The van der Waals surface area contributed by atoms with Gasteiger partial charge in [-0.15, -0.1) is 0 Å². The van der Waals surface area contributed by atoms with Gasteiger partial charge in [0.25, 0.3) is 0 Å². The number of benzene rings is 2. The number of amides is 1. The van der Waals surface area contributed by atoms with Gasteiger partial charge in [0, 0.05) is 25.3 Å². The second kappa shape index (κ2) is 7.28. The Hall–Kier alpha value is -2.33. The highest BCUT2D eigenvalue weighted by molar-refractivity contribution is 5.86. The Kier molecular flexibility index (Phi) is 4.70. The number of fused-ring (bicyclic) bond motifs is 1. The lowest BCUT2D eigenvalue weighted by atomic mass is 9.87. The molecule has 25 heavy (non-hydrogen) atoms. The van der Waals surface area contributed by atoms with Gasteiger partial charge in [-0.3, -0.25) is 4.79 Å². The fourth-order valence-corrected chi connectivity index (χ4v) is 4.04.